The minimum atomic E-state index is 0. The van der Waals surface area contributed by atoms with Crippen molar-refractivity contribution in [2.45, 2.75) is 39.2 Å². The molecule has 0 bridgehead atoms. The molecule has 0 spiro atoms. The van der Waals surface area contributed by atoms with Crippen LogP contribution in [0.5, 0.6) is 0 Å². The Kier molecular flexibility index (Phi) is 14.5. The molecule has 0 aliphatic heterocycles. The molecule has 0 saturated carbocycles. The van der Waals surface area contributed by atoms with E-state index in [1.807, 2.05) is 12.5 Å². The van der Waals surface area contributed by atoms with Gasteiger partial charge >= 0.3 is 0 Å². The number of nitrogens with one attached hydrogen (secondary N) is 2. The fourth-order valence-corrected chi connectivity index (χ4v) is 1.84. The van der Waals surface area contributed by atoms with Crippen molar-refractivity contribution >= 4 is 29.9 Å². The van der Waals surface area contributed by atoms with Gasteiger partial charge in [0.1, 0.15) is 0 Å². The molecule has 0 aromatic carbocycles. The van der Waals surface area contributed by atoms with Crippen LogP contribution in [0, 0.1) is 0 Å². The van der Waals surface area contributed by atoms with Gasteiger partial charge in [-0.2, -0.15) is 0 Å². The van der Waals surface area contributed by atoms with Crippen molar-refractivity contribution in [3.63, 3.8) is 0 Å². The number of guanidine groups is 1. The number of imidazole rings is 1. The molecule has 2 N–H and O–H groups in total. The van der Waals surface area contributed by atoms with Crippen LogP contribution in [0.2, 0.25) is 0 Å². The first kappa shape index (κ1) is 21.2. The lowest BCUT2D eigenvalue weighted by Crippen LogP contribution is -2.38. The Hall–Kier alpha value is -0.830. The van der Waals surface area contributed by atoms with Gasteiger partial charge < -0.3 is 19.9 Å². The molecule has 0 atom stereocenters. The molecule has 128 valence electrons. The number of unbranched alkanes of at least 4 members (excludes halogenated alkanes) is 1. The molecule has 0 amide bonds. The van der Waals surface area contributed by atoms with Crippen molar-refractivity contribution in [1.29, 1.82) is 0 Å². The predicted octanol–water partition coefficient (Wildman–Crippen LogP) is 2.26. The lowest BCUT2D eigenvalue weighted by Gasteiger charge is -2.12. The Balaban J connectivity index is 0.00000441. The largest absolute Gasteiger partial charge is 0.381 e. The molecule has 1 aromatic rings. The first-order chi connectivity index (χ1) is 10.4. The average molecular weight is 423 g/mol. The van der Waals surface area contributed by atoms with Gasteiger partial charge in [0, 0.05) is 52.3 Å². The molecule has 1 rings (SSSR count). The number of aliphatic imine (C=N–C) groups is 1. The van der Waals surface area contributed by atoms with E-state index < -0.39 is 0 Å². The van der Waals surface area contributed by atoms with E-state index in [1.165, 1.54) is 6.42 Å². The lowest BCUT2D eigenvalue weighted by molar-refractivity contribution is 0.129. The molecule has 0 fully saturated rings. The van der Waals surface area contributed by atoms with E-state index in [0.29, 0.717) is 0 Å². The van der Waals surface area contributed by atoms with Crippen molar-refractivity contribution in [3.05, 3.63) is 18.7 Å². The number of nitrogens with zero attached hydrogens (tertiary/aromatic N) is 3. The zero-order valence-corrected chi connectivity index (χ0v) is 16.1. The Morgan fingerprint density at radius 2 is 1.91 bits per heavy atom. The van der Waals surface area contributed by atoms with E-state index in [4.69, 9.17) is 4.74 Å². The van der Waals surface area contributed by atoms with Crippen LogP contribution in [0.1, 0.15) is 32.6 Å². The van der Waals surface area contributed by atoms with Gasteiger partial charge in [-0.25, -0.2) is 4.98 Å². The Labute approximate surface area is 151 Å². The monoisotopic (exact) mass is 423 g/mol. The maximum atomic E-state index is 5.52. The van der Waals surface area contributed by atoms with Crippen molar-refractivity contribution in [1.82, 2.24) is 20.2 Å². The molecule has 7 heteroatoms. The van der Waals surface area contributed by atoms with E-state index in [0.717, 1.165) is 58.1 Å². The van der Waals surface area contributed by atoms with Gasteiger partial charge in [0.2, 0.25) is 0 Å². The number of aromatic nitrogens is 2. The third-order valence-electron chi connectivity index (χ3n) is 3.07. The van der Waals surface area contributed by atoms with Gasteiger partial charge in [0.15, 0.2) is 5.96 Å². The van der Waals surface area contributed by atoms with E-state index in [-0.39, 0.29) is 24.0 Å². The highest BCUT2D eigenvalue weighted by atomic mass is 127. The van der Waals surface area contributed by atoms with Gasteiger partial charge in [-0.3, -0.25) is 4.99 Å². The van der Waals surface area contributed by atoms with Gasteiger partial charge in [-0.1, -0.05) is 13.3 Å². The van der Waals surface area contributed by atoms with Crippen molar-refractivity contribution in [3.8, 4) is 0 Å². The van der Waals surface area contributed by atoms with Gasteiger partial charge in [0.25, 0.3) is 0 Å². The lowest BCUT2D eigenvalue weighted by atomic mass is 10.4. The molecule has 1 aromatic heterocycles. The van der Waals surface area contributed by atoms with Crippen molar-refractivity contribution in [2.24, 2.45) is 4.99 Å². The second-order valence-corrected chi connectivity index (χ2v) is 4.90. The number of aryl methyl sites for hydroxylation is 1. The molecular formula is C15H30IN5O. The highest BCUT2D eigenvalue weighted by molar-refractivity contribution is 14.0. The maximum absolute atomic E-state index is 5.52. The summed E-state index contributed by atoms with van der Waals surface area (Å²) in [6.45, 7) is 6.60. The van der Waals surface area contributed by atoms with Crippen LogP contribution in [0.25, 0.3) is 0 Å². The molecule has 0 aliphatic carbocycles. The summed E-state index contributed by atoms with van der Waals surface area (Å²) >= 11 is 0. The van der Waals surface area contributed by atoms with Gasteiger partial charge in [-0.05, 0) is 19.3 Å². The van der Waals surface area contributed by atoms with Crippen LogP contribution < -0.4 is 10.6 Å². The molecular weight excluding hydrogens is 393 g/mol. The summed E-state index contributed by atoms with van der Waals surface area (Å²) < 4.78 is 7.60. The summed E-state index contributed by atoms with van der Waals surface area (Å²) in [5, 5.41) is 6.60. The zero-order valence-electron chi connectivity index (χ0n) is 13.8. The topological polar surface area (TPSA) is 63.5 Å². The number of halogens is 1. The first-order valence-corrected chi connectivity index (χ1v) is 7.84. The van der Waals surface area contributed by atoms with Crippen LogP contribution in [-0.4, -0.2) is 48.9 Å². The normalized spacial score (nSPS) is 11.1. The number of hydrogen-bond donors (Lipinski definition) is 2. The Morgan fingerprint density at radius 1 is 1.18 bits per heavy atom. The third kappa shape index (κ3) is 10.8. The number of rotatable bonds is 11. The predicted molar refractivity (Wildman–Crippen MR) is 102 cm³/mol. The second kappa shape index (κ2) is 15.1. The summed E-state index contributed by atoms with van der Waals surface area (Å²) in [5.41, 5.74) is 0. The Morgan fingerprint density at radius 3 is 2.55 bits per heavy atom. The molecule has 0 radical (unpaired) electrons. The molecule has 0 saturated heterocycles. The van der Waals surface area contributed by atoms with Gasteiger partial charge in [0.05, 0.1) is 6.33 Å². The molecule has 6 nitrogen and oxygen atoms in total. The molecule has 0 aliphatic rings. The molecule has 0 unspecified atom stereocenters. The van der Waals surface area contributed by atoms with Crippen molar-refractivity contribution < 1.29 is 4.74 Å². The fraction of sp³-hybridized carbons (Fsp3) is 0.733. The van der Waals surface area contributed by atoms with E-state index >= 15 is 0 Å². The second-order valence-electron chi connectivity index (χ2n) is 4.90. The summed E-state index contributed by atoms with van der Waals surface area (Å²) in [4.78, 5) is 8.23. The first-order valence-electron chi connectivity index (χ1n) is 7.84. The average Bonchev–Trinajstić information content (AvgIpc) is 3.01. The minimum absolute atomic E-state index is 0. The van der Waals surface area contributed by atoms with E-state index in [9.17, 15) is 0 Å². The smallest absolute Gasteiger partial charge is 0.190 e. The summed E-state index contributed by atoms with van der Waals surface area (Å²) in [7, 11) is 1.79. The summed E-state index contributed by atoms with van der Waals surface area (Å²) in [6, 6.07) is 0. The quantitative estimate of drug-likeness (QED) is 0.248. The van der Waals surface area contributed by atoms with Crippen LogP contribution in [0.3, 0.4) is 0 Å². The fourth-order valence-electron chi connectivity index (χ4n) is 1.84. The highest BCUT2D eigenvalue weighted by Crippen LogP contribution is 1.90. The van der Waals surface area contributed by atoms with Crippen LogP contribution in [-0.2, 0) is 11.3 Å². The van der Waals surface area contributed by atoms with E-state index in [1.54, 1.807) is 13.2 Å². The van der Waals surface area contributed by atoms with Crippen LogP contribution in [0.4, 0.5) is 0 Å². The number of hydrogen-bond acceptors (Lipinski definition) is 3. The zero-order chi connectivity index (χ0) is 15.2. The summed E-state index contributed by atoms with van der Waals surface area (Å²) in [6.07, 6.45) is 9.99. The highest BCUT2D eigenvalue weighted by Gasteiger charge is 1.97. The number of ether oxygens (including phenoxy) is 1. The standard InChI is InChI=1S/C15H29N5O.HI/c1-3-4-12-21-13-6-8-19-15(16-2)18-7-5-10-20-11-9-17-14-20;/h9,11,14H,3-8,10,12-13H2,1-2H3,(H2,16,18,19);1H. The molecule has 1 heterocycles. The third-order valence-corrected chi connectivity index (χ3v) is 3.07. The minimum Gasteiger partial charge on any atom is -0.381 e. The van der Waals surface area contributed by atoms with Gasteiger partial charge in [-0.15, -0.1) is 24.0 Å². The van der Waals surface area contributed by atoms with E-state index in [2.05, 4.69) is 32.1 Å². The Bertz CT molecular complexity index is 370. The summed E-state index contributed by atoms with van der Waals surface area (Å²) in [5.74, 6) is 0.856. The van der Waals surface area contributed by atoms with Crippen molar-refractivity contribution in [2.75, 3.05) is 33.4 Å². The van der Waals surface area contributed by atoms with Crippen LogP contribution in [0.15, 0.2) is 23.7 Å². The molecule has 22 heavy (non-hydrogen) atoms. The SMILES string of the molecule is CCCCOCCCNC(=NC)NCCCn1ccnc1.I. The van der Waals surface area contributed by atoms with Crippen LogP contribution >= 0.6 is 24.0 Å². The maximum Gasteiger partial charge on any atom is 0.190 e.